The van der Waals surface area contributed by atoms with Gasteiger partial charge in [0.25, 0.3) is 0 Å². The molecule has 2 nitrogen and oxygen atoms in total. The molecule has 1 fully saturated rings. The summed E-state index contributed by atoms with van der Waals surface area (Å²) in [6.07, 6.45) is 0.0980. The Hall–Kier alpha value is -0.150. The highest BCUT2D eigenvalue weighted by Crippen LogP contribution is 2.10. The topological polar surface area (TPSA) is 12.5 Å². The quantitative estimate of drug-likeness (QED) is 0.582. The average Bonchev–Trinajstić information content (AvgIpc) is 2.31. The summed E-state index contributed by atoms with van der Waals surface area (Å²) in [7, 11) is 1.67. The number of hydrogen-bond acceptors (Lipinski definition) is 2. The van der Waals surface area contributed by atoms with Crippen LogP contribution in [0.2, 0.25) is 0 Å². The molecular weight excluding hydrogens is 133 g/mol. The van der Waals surface area contributed by atoms with E-state index in [4.69, 9.17) is 4.74 Å². The molecule has 0 bridgehead atoms. The van der Waals surface area contributed by atoms with Gasteiger partial charge in [0.2, 0.25) is 0 Å². The smallest absolute Gasteiger partial charge is 0.114 e. The Morgan fingerprint density at radius 1 is 1.70 bits per heavy atom. The number of likely N-dealkylation sites (tertiary alicyclic amines) is 1. The monoisotopic (exact) mass is 147 g/mol. The minimum atomic E-state index is -0.600. The van der Waals surface area contributed by atoms with Crippen LogP contribution in [0.15, 0.2) is 0 Å². The first-order valence-electron chi connectivity index (χ1n) is 3.68. The number of hydrogen-bond donors (Lipinski definition) is 0. The van der Waals surface area contributed by atoms with E-state index < -0.39 is 6.17 Å². The van der Waals surface area contributed by atoms with E-state index >= 15 is 0 Å². The molecule has 0 aromatic heterocycles. The van der Waals surface area contributed by atoms with Gasteiger partial charge in [0.1, 0.15) is 6.17 Å². The van der Waals surface area contributed by atoms with Gasteiger partial charge < -0.3 is 4.74 Å². The van der Waals surface area contributed by atoms with Crippen molar-refractivity contribution in [3.8, 4) is 0 Å². The Bertz CT molecular complexity index is 99.6. The van der Waals surface area contributed by atoms with Crippen LogP contribution in [-0.4, -0.2) is 44.4 Å². The fourth-order valence-electron chi connectivity index (χ4n) is 1.21. The molecule has 1 aliphatic heterocycles. The molecule has 0 aromatic rings. The van der Waals surface area contributed by atoms with Crippen LogP contribution in [0.25, 0.3) is 0 Å². The molecule has 3 heteroatoms. The molecule has 0 N–H and O–H groups in total. The Morgan fingerprint density at radius 2 is 2.50 bits per heavy atom. The van der Waals surface area contributed by atoms with Crippen molar-refractivity contribution < 1.29 is 9.13 Å². The zero-order valence-corrected chi connectivity index (χ0v) is 6.35. The van der Waals surface area contributed by atoms with Crippen LogP contribution in [0.3, 0.4) is 0 Å². The highest BCUT2D eigenvalue weighted by Gasteiger charge is 2.20. The van der Waals surface area contributed by atoms with Gasteiger partial charge in [-0.25, -0.2) is 4.39 Å². The largest absolute Gasteiger partial charge is 0.383 e. The number of methoxy groups -OCH3 is 1. The van der Waals surface area contributed by atoms with Crippen LogP contribution in [-0.2, 0) is 4.74 Å². The molecule has 60 valence electrons. The second-order valence-corrected chi connectivity index (χ2v) is 2.68. The third-order valence-electron chi connectivity index (χ3n) is 1.83. The molecule has 0 amide bonds. The standard InChI is InChI=1S/C7H14FNO/c1-10-5-4-9-3-2-7(8)6-9/h7H,2-6H2,1H3/t7-/m0/s1. The van der Waals surface area contributed by atoms with Crippen molar-refractivity contribution >= 4 is 0 Å². The molecule has 1 atom stereocenters. The third kappa shape index (κ3) is 2.23. The number of alkyl halides is 1. The summed E-state index contributed by atoms with van der Waals surface area (Å²) in [4.78, 5) is 2.09. The molecule has 1 heterocycles. The maximum Gasteiger partial charge on any atom is 0.114 e. The molecule has 10 heavy (non-hydrogen) atoms. The molecule has 1 rings (SSSR count). The second-order valence-electron chi connectivity index (χ2n) is 2.68. The van der Waals surface area contributed by atoms with Crippen LogP contribution in [0.5, 0.6) is 0 Å². The summed E-state index contributed by atoms with van der Waals surface area (Å²) in [5.74, 6) is 0. The van der Waals surface area contributed by atoms with E-state index in [0.29, 0.717) is 19.6 Å². The predicted octanol–water partition coefficient (Wildman–Crippen LogP) is 0.677. The summed E-state index contributed by atoms with van der Waals surface area (Å²) >= 11 is 0. The van der Waals surface area contributed by atoms with Crippen LogP contribution < -0.4 is 0 Å². The Balaban J connectivity index is 2.06. The van der Waals surface area contributed by atoms with Crippen LogP contribution in [0.4, 0.5) is 4.39 Å². The fraction of sp³-hybridized carbons (Fsp3) is 1.00. The first kappa shape index (κ1) is 7.95. The summed E-state index contributed by atoms with van der Waals surface area (Å²) in [6.45, 7) is 3.08. The normalized spacial score (nSPS) is 27.6. The number of ether oxygens (including phenoxy) is 1. The Kier molecular flexibility index (Phi) is 3.09. The molecule has 0 aliphatic carbocycles. The van der Waals surface area contributed by atoms with E-state index in [0.717, 1.165) is 13.1 Å². The second kappa shape index (κ2) is 3.88. The summed E-state index contributed by atoms with van der Waals surface area (Å²) in [5, 5.41) is 0. The van der Waals surface area contributed by atoms with Crippen LogP contribution >= 0.6 is 0 Å². The van der Waals surface area contributed by atoms with Gasteiger partial charge in [0, 0.05) is 26.7 Å². The van der Waals surface area contributed by atoms with Crippen molar-refractivity contribution in [3.05, 3.63) is 0 Å². The zero-order valence-electron chi connectivity index (χ0n) is 6.35. The first-order chi connectivity index (χ1) is 4.83. The van der Waals surface area contributed by atoms with Crippen molar-refractivity contribution in [2.75, 3.05) is 33.4 Å². The summed E-state index contributed by atoms with van der Waals surface area (Å²) in [5.41, 5.74) is 0. The Labute approximate surface area is 61.0 Å². The summed E-state index contributed by atoms with van der Waals surface area (Å²) < 4.78 is 17.4. The van der Waals surface area contributed by atoms with E-state index in [1.165, 1.54) is 0 Å². The van der Waals surface area contributed by atoms with Crippen molar-refractivity contribution in [2.45, 2.75) is 12.6 Å². The SMILES string of the molecule is COCCN1CC[C@H](F)C1. The van der Waals surface area contributed by atoms with E-state index in [1.807, 2.05) is 0 Å². The molecule has 0 radical (unpaired) electrons. The number of nitrogens with zero attached hydrogens (tertiary/aromatic N) is 1. The maximum atomic E-state index is 12.5. The lowest BCUT2D eigenvalue weighted by Gasteiger charge is -2.12. The van der Waals surface area contributed by atoms with Gasteiger partial charge in [-0.2, -0.15) is 0 Å². The number of halogens is 1. The van der Waals surface area contributed by atoms with E-state index in [-0.39, 0.29) is 0 Å². The lowest BCUT2D eigenvalue weighted by molar-refractivity contribution is 0.157. The zero-order chi connectivity index (χ0) is 7.40. The predicted molar refractivity (Wildman–Crippen MR) is 37.8 cm³/mol. The fourth-order valence-corrected chi connectivity index (χ4v) is 1.21. The highest BCUT2D eigenvalue weighted by molar-refractivity contribution is 4.73. The van der Waals surface area contributed by atoms with E-state index in [2.05, 4.69) is 4.90 Å². The van der Waals surface area contributed by atoms with Gasteiger partial charge in [-0.3, -0.25) is 4.90 Å². The molecule has 1 aliphatic rings. The summed E-state index contributed by atoms with van der Waals surface area (Å²) in [6, 6.07) is 0. The van der Waals surface area contributed by atoms with Gasteiger partial charge in [-0.15, -0.1) is 0 Å². The molecule has 0 aromatic carbocycles. The van der Waals surface area contributed by atoms with Crippen molar-refractivity contribution in [3.63, 3.8) is 0 Å². The highest BCUT2D eigenvalue weighted by atomic mass is 19.1. The van der Waals surface area contributed by atoms with Gasteiger partial charge >= 0.3 is 0 Å². The minimum absolute atomic E-state index is 0.600. The van der Waals surface area contributed by atoms with E-state index in [9.17, 15) is 4.39 Å². The van der Waals surface area contributed by atoms with Crippen molar-refractivity contribution in [1.29, 1.82) is 0 Å². The van der Waals surface area contributed by atoms with Gasteiger partial charge in [-0.1, -0.05) is 0 Å². The van der Waals surface area contributed by atoms with Crippen LogP contribution in [0.1, 0.15) is 6.42 Å². The first-order valence-corrected chi connectivity index (χ1v) is 3.68. The lowest BCUT2D eigenvalue weighted by Crippen LogP contribution is -2.24. The maximum absolute atomic E-state index is 12.5. The molecule has 0 saturated carbocycles. The van der Waals surface area contributed by atoms with Crippen LogP contribution in [0, 0.1) is 0 Å². The minimum Gasteiger partial charge on any atom is -0.383 e. The Morgan fingerprint density at radius 3 is 3.00 bits per heavy atom. The average molecular weight is 147 g/mol. The van der Waals surface area contributed by atoms with Gasteiger partial charge in [0.05, 0.1) is 6.61 Å². The molecule has 0 spiro atoms. The van der Waals surface area contributed by atoms with Crippen molar-refractivity contribution in [1.82, 2.24) is 4.90 Å². The molecule has 0 unspecified atom stereocenters. The van der Waals surface area contributed by atoms with Gasteiger partial charge in [0.15, 0.2) is 0 Å². The number of rotatable bonds is 3. The third-order valence-corrected chi connectivity index (χ3v) is 1.83. The molecular formula is C7H14FNO. The van der Waals surface area contributed by atoms with Gasteiger partial charge in [-0.05, 0) is 6.42 Å². The lowest BCUT2D eigenvalue weighted by atomic mass is 10.3. The molecule has 1 saturated heterocycles. The van der Waals surface area contributed by atoms with E-state index in [1.54, 1.807) is 7.11 Å². The van der Waals surface area contributed by atoms with Crippen molar-refractivity contribution in [2.24, 2.45) is 0 Å².